The highest BCUT2D eigenvalue weighted by atomic mass is 16.3. The molecule has 2 aromatic rings. The number of aromatic nitrogens is 1. The highest BCUT2D eigenvalue weighted by molar-refractivity contribution is 5.59. The maximum atomic E-state index is 8.93. The molecule has 4 nitrogen and oxygen atoms in total. The van der Waals surface area contributed by atoms with E-state index >= 15 is 0 Å². The minimum Gasteiger partial charge on any atom is -0.444 e. The fraction of sp³-hybridized carbons (Fsp3) is 0.667. The fourth-order valence-corrected chi connectivity index (χ4v) is 5.40. The van der Waals surface area contributed by atoms with Crippen molar-refractivity contribution in [2.75, 3.05) is 26.2 Å². The van der Waals surface area contributed by atoms with Gasteiger partial charge in [-0.3, -0.25) is 0 Å². The van der Waals surface area contributed by atoms with Gasteiger partial charge in [0.25, 0.3) is 0 Å². The highest BCUT2D eigenvalue weighted by Crippen LogP contribution is 2.46. The van der Waals surface area contributed by atoms with Crippen LogP contribution in [0.2, 0.25) is 0 Å². The van der Waals surface area contributed by atoms with Gasteiger partial charge in [-0.15, -0.1) is 0 Å². The summed E-state index contributed by atoms with van der Waals surface area (Å²) in [6, 6.07) is 6.85. The second-order valence-electron chi connectivity index (χ2n) is 11.0. The first-order chi connectivity index (χ1) is 14.8. The summed E-state index contributed by atoms with van der Waals surface area (Å²) in [5.41, 5.74) is 5.59. The van der Waals surface area contributed by atoms with E-state index in [1.165, 1.54) is 30.4 Å². The molecule has 0 radical (unpaired) electrons. The van der Waals surface area contributed by atoms with E-state index in [2.05, 4.69) is 50.8 Å². The molecule has 0 amide bonds. The van der Waals surface area contributed by atoms with Gasteiger partial charge < -0.3 is 14.4 Å². The van der Waals surface area contributed by atoms with Gasteiger partial charge in [-0.25, -0.2) is 4.98 Å². The first-order valence-corrected chi connectivity index (χ1v) is 12.2. The molecule has 1 N–H and O–H groups in total. The topological polar surface area (TPSA) is 49.5 Å². The SMILES string of the molecule is CC1(C)CCC(C)(C)c2cc(-c3nc(C4CCN(CCCCCO)CC4)co3)ccc21. The molecule has 1 aliphatic heterocycles. The number of unbranched alkanes of at least 4 members (excludes halogenated alkanes) is 2. The quantitative estimate of drug-likeness (QED) is 0.551. The van der Waals surface area contributed by atoms with E-state index < -0.39 is 0 Å². The molecule has 0 bridgehead atoms. The molecule has 0 spiro atoms. The van der Waals surface area contributed by atoms with Crippen LogP contribution in [0.3, 0.4) is 0 Å². The van der Waals surface area contributed by atoms with Crippen molar-refractivity contribution in [3.63, 3.8) is 0 Å². The Bertz CT molecular complexity index is 875. The summed E-state index contributed by atoms with van der Waals surface area (Å²) >= 11 is 0. The molecule has 1 aliphatic carbocycles. The van der Waals surface area contributed by atoms with Crippen molar-refractivity contribution in [2.24, 2.45) is 0 Å². The number of rotatable bonds is 7. The van der Waals surface area contributed by atoms with Crippen LogP contribution in [0, 0.1) is 0 Å². The highest BCUT2D eigenvalue weighted by Gasteiger charge is 2.37. The summed E-state index contributed by atoms with van der Waals surface area (Å²) in [7, 11) is 0. The van der Waals surface area contributed by atoms with Crippen LogP contribution in [0.4, 0.5) is 0 Å². The number of fused-ring (bicyclic) bond motifs is 1. The lowest BCUT2D eigenvalue weighted by molar-refractivity contribution is 0.203. The van der Waals surface area contributed by atoms with Crippen LogP contribution in [0.15, 0.2) is 28.9 Å². The monoisotopic (exact) mass is 424 g/mol. The van der Waals surface area contributed by atoms with E-state index in [0.717, 1.165) is 62.5 Å². The molecule has 4 heteroatoms. The Balaban J connectivity index is 1.43. The molecule has 170 valence electrons. The number of piperidine rings is 1. The van der Waals surface area contributed by atoms with E-state index in [1.54, 1.807) is 0 Å². The zero-order valence-electron chi connectivity index (χ0n) is 19.9. The molecule has 1 aromatic carbocycles. The average molecular weight is 425 g/mol. The Labute approximate surface area is 188 Å². The number of aliphatic hydroxyl groups is 1. The van der Waals surface area contributed by atoms with Crippen LogP contribution < -0.4 is 0 Å². The van der Waals surface area contributed by atoms with E-state index in [0.29, 0.717) is 12.5 Å². The second-order valence-corrected chi connectivity index (χ2v) is 11.0. The molecular weight excluding hydrogens is 384 g/mol. The third kappa shape index (κ3) is 4.90. The van der Waals surface area contributed by atoms with Crippen LogP contribution in [-0.4, -0.2) is 41.2 Å². The lowest BCUT2D eigenvalue weighted by atomic mass is 9.63. The number of aliphatic hydroxyl groups excluding tert-OH is 1. The standard InChI is InChI=1S/C27H40N2O2/c1-26(2)12-13-27(3,4)23-18-21(8-9-22(23)26)25-28-24(19-31-25)20-10-15-29(16-11-20)14-6-5-7-17-30/h8-9,18-20,30H,5-7,10-17H2,1-4H3. The van der Waals surface area contributed by atoms with Crippen LogP contribution in [-0.2, 0) is 10.8 Å². The molecule has 0 unspecified atom stereocenters. The third-order valence-electron chi connectivity index (χ3n) is 7.76. The molecule has 1 aromatic heterocycles. The number of oxazole rings is 1. The number of hydrogen-bond donors (Lipinski definition) is 1. The van der Waals surface area contributed by atoms with Gasteiger partial charge in [0.05, 0.1) is 5.69 Å². The van der Waals surface area contributed by atoms with E-state index in [9.17, 15) is 0 Å². The predicted molar refractivity (Wildman–Crippen MR) is 127 cm³/mol. The van der Waals surface area contributed by atoms with E-state index in [1.807, 2.05) is 6.26 Å². The van der Waals surface area contributed by atoms with Crippen molar-refractivity contribution in [3.05, 3.63) is 41.3 Å². The van der Waals surface area contributed by atoms with Crippen molar-refractivity contribution in [1.29, 1.82) is 0 Å². The van der Waals surface area contributed by atoms with Gasteiger partial charge in [0.1, 0.15) is 6.26 Å². The summed E-state index contributed by atoms with van der Waals surface area (Å²) < 4.78 is 5.99. The predicted octanol–water partition coefficient (Wildman–Crippen LogP) is 6.03. The largest absolute Gasteiger partial charge is 0.444 e. The zero-order valence-corrected chi connectivity index (χ0v) is 19.9. The molecule has 1 saturated heterocycles. The molecule has 2 heterocycles. The Morgan fingerprint density at radius 1 is 1.00 bits per heavy atom. The van der Waals surface area contributed by atoms with Gasteiger partial charge in [0.2, 0.25) is 5.89 Å². The van der Waals surface area contributed by atoms with Crippen LogP contribution >= 0.6 is 0 Å². The van der Waals surface area contributed by atoms with Gasteiger partial charge in [0.15, 0.2) is 0 Å². The first-order valence-electron chi connectivity index (χ1n) is 12.2. The number of hydrogen-bond acceptors (Lipinski definition) is 4. The Morgan fingerprint density at radius 2 is 1.71 bits per heavy atom. The van der Waals surface area contributed by atoms with Gasteiger partial charge in [-0.1, -0.05) is 33.8 Å². The molecular formula is C27H40N2O2. The Morgan fingerprint density at radius 3 is 2.42 bits per heavy atom. The maximum absolute atomic E-state index is 8.93. The van der Waals surface area contributed by atoms with Crippen molar-refractivity contribution in [2.45, 2.75) is 89.4 Å². The van der Waals surface area contributed by atoms with Crippen LogP contribution in [0.5, 0.6) is 0 Å². The fourth-order valence-electron chi connectivity index (χ4n) is 5.40. The minimum atomic E-state index is 0.195. The summed E-state index contributed by atoms with van der Waals surface area (Å²) in [6.07, 6.45) is 9.87. The van der Waals surface area contributed by atoms with Crippen LogP contribution in [0.1, 0.15) is 95.4 Å². The number of likely N-dealkylation sites (tertiary alicyclic amines) is 1. The second kappa shape index (κ2) is 9.07. The molecule has 0 saturated carbocycles. The van der Waals surface area contributed by atoms with Crippen LogP contribution in [0.25, 0.3) is 11.5 Å². The van der Waals surface area contributed by atoms with Gasteiger partial charge in [-0.2, -0.15) is 0 Å². The zero-order chi connectivity index (χ0) is 22.1. The molecule has 0 atom stereocenters. The third-order valence-corrected chi connectivity index (χ3v) is 7.76. The van der Waals surface area contributed by atoms with Gasteiger partial charge in [-0.05, 0) is 98.7 Å². The lowest BCUT2D eigenvalue weighted by Gasteiger charge is -2.42. The van der Waals surface area contributed by atoms with E-state index in [-0.39, 0.29) is 10.8 Å². The van der Waals surface area contributed by atoms with E-state index in [4.69, 9.17) is 14.5 Å². The number of nitrogens with zero attached hydrogens (tertiary/aromatic N) is 2. The number of benzene rings is 1. The Kier molecular flexibility index (Phi) is 6.60. The normalized spacial score (nSPS) is 21.2. The molecule has 31 heavy (non-hydrogen) atoms. The van der Waals surface area contributed by atoms with Crippen molar-refractivity contribution < 1.29 is 9.52 Å². The lowest BCUT2D eigenvalue weighted by Crippen LogP contribution is -2.33. The molecule has 1 fully saturated rings. The Hall–Kier alpha value is -1.65. The summed E-state index contributed by atoms with van der Waals surface area (Å²) in [6.45, 7) is 13.2. The van der Waals surface area contributed by atoms with Crippen molar-refractivity contribution in [1.82, 2.24) is 9.88 Å². The maximum Gasteiger partial charge on any atom is 0.226 e. The van der Waals surface area contributed by atoms with Crippen molar-refractivity contribution in [3.8, 4) is 11.5 Å². The molecule has 2 aliphatic rings. The van der Waals surface area contributed by atoms with Crippen molar-refractivity contribution >= 4 is 0 Å². The summed E-state index contributed by atoms with van der Waals surface area (Å²) in [5, 5.41) is 8.93. The average Bonchev–Trinajstić information content (AvgIpc) is 3.25. The minimum absolute atomic E-state index is 0.195. The molecule has 4 rings (SSSR count). The first kappa shape index (κ1) is 22.5. The summed E-state index contributed by atoms with van der Waals surface area (Å²) in [5.74, 6) is 1.27. The smallest absolute Gasteiger partial charge is 0.226 e. The summed E-state index contributed by atoms with van der Waals surface area (Å²) in [4.78, 5) is 7.49. The van der Waals surface area contributed by atoms with Gasteiger partial charge in [0, 0.05) is 18.1 Å². The van der Waals surface area contributed by atoms with Gasteiger partial charge >= 0.3 is 0 Å².